The molecule has 0 aromatic rings. The Morgan fingerprint density at radius 3 is 2.42 bits per heavy atom. The van der Waals surface area contributed by atoms with Crippen LogP contribution in [0.5, 0.6) is 0 Å². The van der Waals surface area contributed by atoms with E-state index in [1.54, 1.807) is 5.57 Å². The zero-order valence-corrected chi connectivity index (χ0v) is 19.5. The van der Waals surface area contributed by atoms with Crippen molar-refractivity contribution >= 4 is 11.8 Å². The zero-order valence-electron chi connectivity index (χ0n) is 19.5. The minimum Gasteiger partial charge on any atom is -0.481 e. The van der Waals surface area contributed by atoms with Crippen molar-refractivity contribution in [2.45, 2.75) is 110 Å². The van der Waals surface area contributed by atoms with Gasteiger partial charge in [-0.1, -0.05) is 50.2 Å². The summed E-state index contributed by atoms with van der Waals surface area (Å²) in [4.78, 5) is 24.7. The minimum absolute atomic E-state index is 0.129. The maximum atomic E-state index is 12.7. The fourth-order valence-electron chi connectivity index (χ4n) is 9.23. The van der Waals surface area contributed by atoms with Crippen LogP contribution in [0.4, 0.5) is 0 Å². The van der Waals surface area contributed by atoms with E-state index in [1.165, 1.54) is 63.4 Å². The Morgan fingerprint density at radius 1 is 0.935 bits per heavy atom. The lowest BCUT2D eigenvalue weighted by molar-refractivity contribution is -0.150. The molecule has 0 aromatic heterocycles. The third kappa shape index (κ3) is 3.82. The summed E-state index contributed by atoms with van der Waals surface area (Å²) >= 11 is 0. The lowest BCUT2D eigenvalue weighted by Gasteiger charge is -2.53. The average molecular weight is 427 g/mol. The Balaban J connectivity index is 1.38. The van der Waals surface area contributed by atoms with Crippen molar-refractivity contribution < 1.29 is 14.7 Å². The molecule has 0 aliphatic heterocycles. The molecular formula is C28H42O3. The van der Waals surface area contributed by atoms with Gasteiger partial charge in [-0.25, -0.2) is 0 Å². The van der Waals surface area contributed by atoms with Crippen molar-refractivity contribution in [2.75, 3.05) is 0 Å². The van der Waals surface area contributed by atoms with Crippen molar-refractivity contribution in [2.24, 2.45) is 40.9 Å². The molecule has 0 bridgehead atoms. The molecule has 5 aliphatic rings. The Bertz CT molecular complexity index is 743. The summed E-state index contributed by atoms with van der Waals surface area (Å²) < 4.78 is 0. The number of carbonyl (C=O) groups excluding carboxylic acids is 1. The summed E-state index contributed by atoms with van der Waals surface area (Å²) in [5.41, 5.74) is 3.36. The molecule has 3 heteroatoms. The first-order valence-electron chi connectivity index (χ1n) is 13.4. The van der Waals surface area contributed by atoms with Crippen LogP contribution in [0.1, 0.15) is 110 Å². The Morgan fingerprint density at radius 2 is 1.68 bits per heavy atom. The van der Waals surface area contributed by atoms with Gasteiger partial charge < -0.3 is 5.11 Å². The van der Waals surface area contributed by atoms with E-state index in [0.29, 0.717) is 29.5 Å². The molecular weight excluding hydrogens is 384 g/mol. The fraction of sp³-hybridized carbons (Fsp3) is 0.857. The van der Waals surface area contributed by atoms with E-state index in [0.717, 1.165) is 50.9 Å². The highest BCUT2D eigenvalue weighted by Crippen LogP contribution is 2.65. The molecule has 0 amide bonds. The van der Waals surface area contributed by atoms with E-state index in [9.17, 15) is 14.7 Å². The highest BCUT2D eigenvalue weighted by atomic mass is 16.4. The summed E-state index contributed by atoms with van der Waals surface area (Å²) in [6, 6.07) is 0. The van der Waals surface area contributed by atoms with Gasteiger partial charge in [-0.05, 0) is 92.8 Å². The highest BCUT2D eigenvalue weighted by Gasteiger charge is 2.58. The normalized spacial score (nSPS) is 40.4. The number of ketones is 1. The molecule has 3 saturated carbocycles. The molecule has 5 rings (SSSR count). The molecule has 0 heterocycles. The summed E-state index contributed by atoms with van der Waals surface area (Å²) in [6.45, 7) is 2.48. The smallest absolute Gasteiger partial charge is 0.307 e. The average Bonchev–Trinajstić information content (AvgIpc) is 3.06. The van der Waals surface area contributed by atoms with Crippen LogP contribution < -0.4 is 0 Å². The molecule has 3 fully saturated rings. The van der Waals surface area contributed by atoms with E-state index < -0.39 is 5.97 Å². The van der Waals surface area contributed by atoms with E-state index in [4.69, 9.17) is 0 Å². The Kier molecular flexibility index (Phi) is 6.07. The zero-order chi connectivity index (χ0) is 21.6. The summed E-state index contributed by atoms with van der Waals surface area (Å²) in [5.74, 6) is 2.69. The quantitative estimate of drug-likeness (QED) is 0.497. The maximum absolute atomic E-state index is 12.7. The predicted octanol–water partition coefficient (Wildman–Crippen LogP) is 6.95. The Hall–Kier alpha value is -1.12. The van der Waals surface area contributed by atoms with E-state index in [1.807, 2.05) is 0 Å². The van der Waals surface area contributed by atoms with Gasteiger partial charge in [-0.2, -0.15) is 0 Å². The van der Waals surface area contributed by atoms with Crippen molar-refractivity contribution in [3.05, 3.63) is 11.1 Å². The van der Waals surface area contributed by atoms with Gasteiger partial charge in [-0.15, -0.1) is 0 Å². The molecule has 1 N–H and O–H groups in total. The SMILES string of the molecule is C[C@]12CC[C@@H]3C4=C(CC[C@H]3[C@@H]1CC[C@@H]2C(C(=O)O)C1CCCCCCC1)CC(=O)CC4. The number of hydrogen-bond donors (Lipinski definition) is 1. The summed E-state index contributed by atoms with van der Waals surface area (Å²) in [5, 5.41) is 10.4. The van der Waals surface area contributed by atoms with Gasteiger partial charge in [0, 0.05) is 12.8 Å². The van der Waals surface area contributed by atoms with Gasteiger partial charge in [-0.3, -0.25) is 9.59 Å². The monoisotopic (exact) mass is 426 g/mol. The molecule has 31 heavy (non-hydrogen) atoms. The van der Waals surface area contributed by atoms with Crippen LogP contribution in [0.3, 0.4) is 0 Å². The minimum atomic E-state index is -0.501. The van der Waals surface area contributed by atoms with Gasteiger partial charge in [0.1, 0.15) is 5.78 Å². The van der Waals surface area contributed by atoms with Gasteiger partial charge in [0.05, 0.1) is 5.92 Å². The molecule has 172 valence electrons. The number of rotatable bonds is 3. The first kappa shape index (κ1) is 21.7. The molecule has 0 spiro atoms. The van der Waals surface area contributed by atoms with Crippen molar-refractivity contribution in [1.82, 2.24) is 0 Å². The van der Waals surface area contributed by atoms with Crippen LogP contribution in [-0.2, 0) is 9.59 Å². The largest absolute Gasteiger partial charge is 0.481 e. The molecule has 0 aromatic carbocycles. The molecule has 5 aliphatic carbocycles. The van der Waals surface area contributed by atoms with Gasteiger partial charge in [0.25, 0.3) is 0 Å². The van der Waals surface area contributed by atoms with Crippen molar-refractivity contribution in [3.8, 4) is 0 Å². The molecule has 1 unspecified atom stereocenters. The van der Waals surface area contributed by atoms with Crippen LogP contribution in [0.25, 0.3) is 0 Å². The van der Waals surface area contributed by atoms with Crippen LogP contribution >= 0.6 is 0 Å². The lowest BCUT2D eigenvalue weighted by Crippen LogP contribution is -2.47. The lowest BCUT2D eigenvalue weighted by atomic mass is 9.51. The third-order valence-corrected chi connectivity index (χ3v) is 10.7. The van der Waals surface area contributed by atoms with Crippen molar-refractivity contribution in [1.29, 1.82) is 0 Å². The van der Waals surface area contributed by atoms with Gasteiger partial charge >= 0.3 is 5.97 Å². The fourth-order valence-corrected chi connectivity index (χ4v) is 9.23. The first-order chi connectivity index (χ1) is 15.0. The number of fused-ring (bicyclic) bond motifs is 4. The topological polar surface area (TPSA) is 54.4 Å². The number of carbonyl (C=O) groups is 2. The van der Waals surface area contributed by atoms with Crippen LogP contribution in [0.15, 0.2) is 11.1 Å². The van der Waals surface area contributed by atoms with Gasteiger partial charge in [0.15, 0.2) is 0 Å². The van der Waals surface area contributed by atoms with Crippen LogP contribution in [0, 0.1) is 40.9 Å². The second kappa shape index (κ2) is 8.67. The van der Waals surface area contributed by atoms with E-state index >= 15 is 0 Å². The second-order valence-electron chi connectivity index (χ2n) is 12.0. The predicted molar refractivity (Wildman–Crippen MR) is 123 cm³/mol. The number of aliphatic carboxylic acids is 1. The maximum Gasteiger partial charge on any atom is 0.307 e. The molecule has 6 atom stereocenters. The number of carboxylic acid groups (broad SMARTS) is 1. The van der Waals surface area contributed by atoms with E-state index in [2.05, 4.69) is 6.92 Å². The summed E-state index contributed by atoms with van der Waals surface area (Å²) in [7, 11) is 0. The molecule has 0 radical (unpaired) electrons. The highest BCUT2D eigenvalue weighted by molar-refractivity contribution is 5.82. The second-order valence-corrected chi connectivity index (χ2v) is 12.0. The van der Waals surface area contributed by atoms with Crippen LogP contribution in [0.2, 0.25) is 0 Å². The van der Waals surface area contributed by atoms with Crippen LogP contribution in [-0.4, -0.2) is 16.9 Å². The molecule has 0 saturated heterocycles. The molecule has 3 nitrogen and oxygen atoms in total. The van der Waals surface area contributed by atoms with E-state index in [-0.39, 0.29) is 11.3 Å². The van der Waals surface area contributed by atoms with Gasteiger partial charge in [0.2, 0.25) is 0 Å². The third-order valence-electron chi connectivity index (χ3n) is 10.7. The first-order valence-corrected chi connectivity index (χ1v) is 13.4. The number of carboxylic acids is 1. The Labute approximate surface area is 188 Å². The summed E-state index contributed by atoms with van der Waals surface area (Å²) in [6.07, 6.45) is 18.3. The number of allylic oxidation sites excluding steroid dienone is 2. The number of hydrogen-bond acceptors (Lipinski definition) is 2. The number of Topliss-reactive ketones (excluding diaryl/α,β-unsaturated/α-hetero) is 1. The van der Waals surface area contributed by atoms with Crippen molar-refractivity contribution in [3.63, 3.8) is 0 Å². The standard InChI is InChI=1S/C28H42O3/c1-28-16-15-22-21-12-10-20(29)17-19(21)9-11-23(22)24(28)13-14-25(28)26(27(30)31)18-7-5-3-2-4-6-8-18/h18,22-26H,2-17H2,1H3,(H,30,31)/t22-,23-,24+,25-,26?,28+/m1/s1.